The Kier molecular flexibility index (Phi) is 4.69. The molecule has 1 amide bonds. The van der Waals surface area contributed by atoms with E-state index < -0.39 is 23.2 Å². The number of carbonyl (C=O) groups excluding carboxylic acids is 1. The van der Waals surface area contributed by atoms with Gasteiger partial charge in [-0.1, -0.05) is 0 Å². The van der Waals surface area contributed by atoms with Crippen molar-refractivity contribution in [2.24, 2.45) is 0 Å². The second-order valence-electron chi connectivity index (χ2n) is 6.68. The van der Waals surface area contributed by atoms with Crippen LogP contribution in [-0.2, 0) is 14.3 Å². The molecule has 0 aliphatic carbocycles. The summed E-state index contributed by atoms with van der Waals surface area (Å²) in [5.41, 5.74) is -1.95. The van der Waals surface area contributed by atoms with E-state index in [4.69, 9.17) is 9.47 Å². The SMILES string of the molecule is CC(C)O[C@@H]1CN(C(=O)OC(C)(C)C)[C@@](C)(C(=O)O)C1. The summed E-state index contributed by atoms with van der Waals surface area (Å²) in [5, 5.41) is 9.44. The Balaban J connectivity index is 2.91. The Morgan fingerprint density at radius 1 is 1.35 bits per heavy atom. The van der Waals surface area contributed by atoms with E-state index in [0.29, 0.717) is 0 Å². The monoisotopic (exact) mass is 287 g/mol. The summed E-state index contributed by atoms with van der Waals surface area (Å²) in [6.45, 7) is 10.8. The summed E-state index contributed by atoms with van der Waals surface area (Å²) in [7, 11) is 0. The van der Waals surface area contributed by atoms with Crippen LogP contribution in [0.25, 0.3) is 0 Å². The summed E-state index contributed by atoms with van der Waals surface area (Å²) in [6.07, 6.45) is -0.655. The quantitative estimate of drug-likeness (QED) is 0.861. The first kappa shape index (κ1) is 16.8. The maximum absolute atomic E-state index is 12.2. The lowest BCUT2D eigenvalue weighted by Crippen LogP contribution is -2.52. The Morgan fingerprint density at radius 2 is 1.90 bits per heavy atom. The van der Waals surface area contributed by atoms with E-state index in [9.17, 15) is 14.7 Å². The van der Waals surface area contributed by atoms with Gasteiger partial charge in [-0.3, -0.25) is 4.90 Å². The van der Waals surface area contributed by atoms with Crippen LogP contribution in [0.15, 0.2) is 0 Å². The molecule has 0 aromatic heterocycles. The average molecular weight is 287 g/mol. The predicted molar refractivity (Wildman–Crippen MR) is 73.6 cm³/mol. The molecule has 1 saturated heterocycles. The van der Waals surface area contributed by atoms with Gasteiger partial charge in [0.05, 0.1) is 18.8 Å². The van der Waals surface area contributed by atoms with Gasteiger partial charge in [0.1, 0.15) is 11.1 Å². The van der Waals surface area contributed by atoms with Crippen molar-refractivity contribution in [3.63, 3.8) is 0 Å². The number of aliphatic carboxylic acids is 1. The molecule has 6 heteroatoms. The topological polar surface area (TPSA) is 76.1 Å². The maximum atomic E-state index is 12.2. The molecule has 20 heavy (non-hydrogen) atoms. The van der Waals surface area contributed by atoms with Gasteiger partial charge in [-0.25, -0.2) is 9.59 Å². The normalized spacial score (nSPS) is 26.9. The Hall–Kier alpha value is -1.30. The fraction of sp³-hybridized carbons (Fsp3) is 0.857. The standard InChI is InChI=1S/C14H25NO5/c1-9(2)19-10-7-14(6,11(16)17)15(8-10)12(18)20-13(3,4)5/h9-10H,7-8H2,1-6H3,(H,16,17)/t10-,14+/m0/s1. The summed E-state index contributed by atoms with van der Waals surface area (Å²) >= 11 is 0. The van der Waals surface area contributed by atoms with Crippen LogP contribution in [0.1, 0.15) is 48.0 Å². The number of hydrogen-bond donors (Lipinski definition) is 1. The number of carbonyl (C=O) groups is 2. The number of ether oxygens (including phenoxy) is 2. The zero-order valence-corrected chi connectivity index (χ0v) is 13.1. The van der Waals surface area contributed by atoms with Gasteiger partial charge in [0.25, 0.3) is 0 Å². The van der Waals surface area contributed by atoms with E-state index >= 15 is 0 Å². The molecule has 1 aliphatic rings. The van der Waals surface area contributed by atoms with Gasteiger partial charge in [0, 0.05) is 6.42 Å². The maximum Gasteiger partial charge on any atom is 0.411 e. The van der Waals surface area contributed by atoms with Gasteiger partial charge in [-0.05, 0) is 41.5 Å². The van der Waals surface area contributed by atoms with Crippen molar-refractivity contribution in [1.82, 2.24) is 4.90 Å². The van der Waals surface area contributed by atoms with E-state index in [2.05, 4.69) is 0 Å². The zero-order valence-electron chi connectivity index (χ0n) is 13.1. The van der Waals surface area contributed by atoms with Gasteiger partial charge in [-0.15, -0.1) is 0 Å². The lowest BCUT2D eigenvalue weighted by atomic mass is 9.98. The van der Waals surface area contributed by atoms with Crippen LogP contribution in [0.5, 0.6) is 0 Å². The third-order valence-electron chi connectivity index (χ3n) is 3.15. The van der Waals surface area contributed by atoms with Crippen molar-refractivity contribution in [3.05, 3.63) is 0 Å². The second-order valence-corrected chi connectivity index (χ2v) is 6.68. The van der Waals surface area contributed by atoms with Crippen molar-refractivity contribution in [2.75, 3.05) is 6.54 Å². The molecular weight excluding hydrogens is 262 g/mol. The molecule has 0 radical (unpaired) electrons. The van der Waals surface area contributed by atoms with Gasteiger partial charge < -0.3 is 14.6 Å². The van der Waals surface area contributed by atoms with Crippen LogP contribution in [0.4, 0.5) is 4.79 Å². The van der Waals surface area contributed by atoms with E-state index in [0.717, 1.165) is 0 Å². The van der Waals surface area contributed by atoms with E-state index in [-0.39, 0.29) is 25.2 Å². The highest BCUT2D eigenvalue weighted by Crippen LogP contribution is 2.33. The second kappa shape index (κ2) is 5.60. The van der Waals surface area contributed by atoms with Crippen LogP contribution < -0.4 is 0 Å². The first-order valence-electron chi connectivity index (χ1n) is 6.85. The third kappa shape index (κ3) is 3.85. The molecule has 0 aromatic carbocycles. The van der Waals surface area contributed by atoms with Crippen LogP contribution in [0.2, 0.25) is 0 Å². The predicted octanol–water partition coefficient (Wildman–Crippen LogP) is 2.26. The van der Waals surface area contributed by atoms with Crippen LogP contribution in [-0.4, -0.2) is 52.0 Å². The third-order valence-corrected chi connectivity index (χ3v) is 3.15. The Morgan fingerprint density at radius 3 is 2.30 bits per heavy atom. The molecule has 1 rings (SSSR count). The van der Waals surface area contributed by atoms with Crippen molar-refractivity contribution >= 4 is 12.1 Å². The fourth-order valence-corrected chi connectivity index (χ4v) is 2.30. The Labute approximate surface area is 120 Å². The first-order valence-corrected chi connectivity index (χ1v) is 6.85. The molecule has 1 N–H and O–H groups in total. The number of amides is 1. The minimum atomic E-state index is -1.29. The highest BCUT2D eigenvalue weighted by molar-refractivity contribution is 5.85. The van der Waals surface area contributed by atoms with E-state index in [1.165, 1.54) is 11.8 Å². The summed E-state index contributed by atoms with van der Waals surface area (Å²) < 4.78 is 10.9. The fourth-order valence-electron chi connectivity index (χ4n) is 2.30. The van der Waals surface area contributed by atoms with E-state index in [1.807, 2.05) is 13.8 Å². The number of carboxylic acid groups (broad SMARTS) is 1. The zero-order chi connectivity index (χ0) is 15.7. The highest BCUT2D eigenvalue weighted by atomic mass is 16.6. The number of nitrogens with zero attached hydrogens (tertiary/aromatic N) is 1. The molecule has 0 aromatic rings. The first-order chi connectivity index (χ1) is 8.95. The molecule has 2 atom stereocenters. The summed E-state index contributed by atoms with van der Waals surface area (Å²) in [5.74, 6) is -1.04. The molecule has 6 nitrogen and oxygen atoms in total. The molecule has 0 bridgehead atoms. The molecule has 0 saturated carbocycles. The van der Waals surface area contributed by atoms with Crippen LogP contribution in [0, 0.1) is 0 Å². The van der Waals surface area contributed by atoms with Crippen molar-refractivity contribution in [3.8, 4) is 0 Å². The van der Waals surface area contributed by atoms with Crippen molar-refractivity contribution in [1.29, 1.82) is 0 Å². The largest absolute Gasteiger partial charge is 0.480 e. The molecule has 0 spiro atoms. The van der Waals surface area contributed by atoms with Crippen molar-refractivity contribution < 1.29 is 24.2 Å². The highest BCUT2D eigenvalue weighted by Gasteiger charge is 2.52. The lowest BCUT2D eigenvalue weighted by Gasteiger charge is -2.32. The van der Waals surface area contributed by atoms with Crippen LogP contribution >= 0.6 is 0 Å². The minimum absolute atomic E-state index is 0.0170. The average Bonchev–Trinajstić information content (AvgIpc) is 2.53. The molecule has 1 heterocycles. The van der Waals surface area contributed by atoms with Crippen molar-refractivity contribution in [2.45, 2.75) is 71.3 Å². The summed E-state index contributed by atoms with van der Waals surface area (Å²) in [6, 6.07) is 0. The van der Waals surface area contributed by atoms with Gasteiger partial charge in [0.2, 0.25) is 0 Å². The number of likely N-dealkylation sites (tertiary alicyclic amines) is 1. The Bertz CT molecular complexity index is 388. The molecule has 0 unspecified atom stereocenters. The minimum Gasteiger partial charge on any atom is -0.480 e. The molecule has 1 fully saturated rings. The van der Waals surface area contributed by atoms with Gasteiger partial charge in [0.15, 0.2) is 0 Å². The van der Waals surface area contributed by atoms with Gasteiger partial charge >= 0.3 is 12.1 Å². The van der Waals surface area contributed by atoms with Gasteiger partial charge in [-0.2, -0.15) is 0 Å². The molecular formula is C14H25NO5. The van der Waals surface area contributed by atoms with E-state index in [1.54, 1.807) is 20.8 Å². The number of carboxylic acids is 1. The number of hydrogen-bond acceptors (Lipinski definition) is 4. The lowest BCUT2D eigenvalue weighted by molar-refractivity contribution is -0.148. The summed E-state index contributed by atoms with van der Waals surface area (Å²) in [4.78, 5) is 25.0. The molecule has 1 aliphatic heterocycles. The van der Waals surface area contributed by atoms with Crippen LogP contribution in [0.3, 0.4) is 0 Å². The smallest absolute Gasteiger partial charge is 0.411 e. The molecule has 116 valence electrons. The number of rotatable bonds is 3.